The van der Waals surface area contributed by atoms with Gasteiger partial charge in [-0.3, -0.25) is 4.79 Å². The Morgan fingerprint density at radius 1 is 0.722 bits per heavy atom. The van der Waals surface area contributed by atoms with E-state index in [0.29, 0.717) is 0 Å². The zero-order valence-corrected chi connectivity index (χ0v) is 19.7. The van der Waals surface area contributed by atoms with Crippen LogP contribution in [0.15, 0.2) is 109 Å². The number of carboxylic acid groups (broad SMARTS) is 1. The summed E-state index contributed by atoms with van der Waals surface area (Å²) in [6.45, 7) is 0.168. The van der Waals surface area contributed by atoms with Gasteiger partial charge in [0.05, 0.1) is 12.5 Å². The van der Waals surface area contributed by atoms with Gasteiger partial charge in [0.1, 0.15) is 6.61 Å². The van der Waals surface area contributed by atoms with E-state index in [1.54, 1.807) is 0 Å². The number of carbonyl (C=O) groups is 2. The Bertz CT molecular complexity index is 1270. The van der Waals surface area contributed by atoms with E-state index in [1.807, 2.05) is 84.9 Å². The van der Waals surface area contributed by atoms with Crippen molar-refractivity contribution in [1.29, 1.82) is 0 Å². The zero-order chi connectivity index (χ0) is 24.9. The van der Waals surface area contributed by atoms with Crippen LogP contribution < -0.4 is 5.32 Å². The summed E-state index contributed by atoms with van der Waals surface area (Å²) in [6.07, 6.45) is -0.862. The maximum atomic E-state index is 13.1. The summed E-state index contributed by atoms with van der Waals surface area (Å²) in [5, 5.41) is 12.5. The van der Waals surface area contributed by atoms with Gasteiger partial charge in [-0.15, -0.1) is 0 Å². The van der Waals surface area contributed by atoms with Gasteiger partial charge >= 0.3 is 12.1 Å². The highest BCUT2D eigenvalue weighted by molar-refractivity contribution is 5.79. The minimum absolute atomic E-state index is 0.0693. The molecule has 1 amide bonds. The van der Waals surface area contributed by atoms with Crippen molar-refractivity contribution in [2.75, 3.05) is 6.61 Å². The van der Waals surface area contributed by atoms with Crippen LogP contribution in [0.25, 0.3) is 11.1 Å². The molecule has 2 N–H and O–H groups in total. The molecule has 0 fully saturated rings. The Kier molecular flexibility index (Phi) is 6.80. The van der Waals surface area contributed by atoms with Crippen molar-refractivity contribution in [3.05, 3.63) is 131 Å². The number of fused-ring (bicyclic) bond motifs is 3. The lowest BCUT2D eigenvalue weighted by Crippen LogP contribution is -2.42. The van der Waals surface area contributed by atoms with Crippen molar-refractivity contribution in [3.63, 3.8) is 0 Å². The van der Waals surface area contributed by atoms with Gasteiger partial charge in [0.2, 0.25) is 0 Å². The van der Waals surface area contributed by atoms with Crippen LogP contribution in [0.3, 0.4) is 0 Å². The number of benzene rings is 4. The number of nitrogens with one attached hydrogen (secondary N) is 1. The van der Waals surface area contributed by atoms with Crippen LogP contribution in [0.4, 0.5) is 4.79 Å². The van der Waals surface area contributed by atoms with Gasteiger partial charge in [-0.2, -0.15) is 0 Å². The topological polar surface area (TPSA) is 75.6 Å². The Morgan fingerprint density at radius 2 is 1.19 bits per heavy atom. The van der Waals surface area contributed by atoms with Crippen molar-refractivity contribution in [2.24, 2.45) is 0 Å². The summed E-state index contributed by atoms with van der Waals surface area (Å²) < 4.78 is 5.73. The molecule has 5 nitrogen and oxygen atoms in total. The van der Waals surface area contributed by atoms with E-state index in [0.717, 1.165) is 33.4 Å². The molecule has 0 radical (unpaired) electrons. The van der Waals surface area contributed by atoms with Gasteiger partial charge in [0.15, 0.2) is 0 Å². The average Bonchev–Trinajstić information content (AvgIpc) is 3.22. The molecule has 0 aliphatic heterocycles. The fraction of sp³-hybridized carbons (Fsp3) is 0.161. The summed E-state index contributed by atoms with van der Waals surface area (Å²) >= 11 is 0. The first kappa shape index (κ1) is 23.4. The Hall–Kier alpha value is -4.38. The first-order chi connectivity index (χ1) is 17.6. The first-order valence-corrected chi connectivity index (χ1v) is 12.0. The molecule has 0 saturated heterocycles. The Labute approximate surface area is 210 Å². The van der Waals surface area contributed by atoms with Crippen LogP contribution in [0, 0.1) is 0 Å². The fourth-order valence-electron chi connectivity index (χ4n) is 5.21. The number of hydrogen-bond acceptors (Lipinski definition) is 3. The lowest BCUT2D eigenvalue weighted by molar-refractivity contribution is -0.137. The van der Waals surface area contributed by atoms with E-state index in [9.17, 15) is 14.7 Å². The van der Waals surface area contributed by atoms with E-state index in [1.165, 1.54) is 0 Å². The molecule has 1 aliphatic carbocycles. The molecular formula is C31H27NO4. The highest BCUT2D eigenvalue weighted by Crippen LogP contribution is 2.44. The van der Waals surface area contributed by atoms with Crippen molar-refractivity contribution in [1.82, 2.24) is 5.32 Å². The molecule has 180 valence electrons. The van der Waals surface area contributed by atoms with Crippen LogP contribution in [0.1, 0.15) is 40.5 Å². The second kappa shape index (κ2) is 10.5. The molecule has 5 rings (SSSR count). The second-order valence-electron chi connectivity index (χ2n) is 8.97. The predicted octanol–water partition coefficient (Wildman–Crippen LogP) is 6.20. The summed E-state index contributed by atoms with van der Waals surface area (Å²) in [4.78, 5) is 24.9. The van der Waals surface area contributed by atoms with E-state index < -0.39 is 18.1 Å². The van der Waals surface area contributed by atoms with Crippen molar-refractivity contribution in [2.45, 2.75) is 24.3 Å². The maximum absolute atomic E-state index is 13.1. The molecule has 0 aromatic heterocycles. The molecule has 0 heterocycles. The highest BCUT2D eigenvalue weighted by atomic mass is 16.5. The number of amides is 1. The number of carboxylic acids is 1. The number of hydrogen-bond donors (Lipinski definition) is 2. The standard InChI is InChI=1S/C31H27NO4/c33-29(34)19-28(30(21-11-3-1-4-12-21)22-13-5-2-6-14-22)32-31(35)36-20-27-25-17-9-7-15-23(25)24-16-8-10-18-26(24)27/h1-18,27-28,30H,19-20H2,(H,32,35)(H,33,34)/t28-/m1/s1. The van der Waals surface area contributed by atoms with Crippen molar-refractivity contribution < 1.29 is 19.4 Å². The summed E-state index contributed by atoms with van der Waals surface area (Å²) in [7, 11) is 0. The SMILES string of the molecule is O=C(O)C[C@@H](NC(=O)OCC1c2ccccc2-c2ccccc21)C(c1ccccc1)c1ccccc1. The number of alkyl carbamates (subject to hydrolysis) is 1. The van der Waals surface area contributed by atoms with Gasteiger partial charge in [0.25, 0.3) is 0 Å². The lowest BCUT2D eigenvalue weighted by atomic mass is 9.83. The quantitative estimate of drug-likeness (QED) is 0.317. The summed E-state index contributed by atoms with van der Waals surface area (Å²) in [5.74, 6) is -1.40. The molecule has 0 spiro atoms. The third-order valence-electron chi connectivity index (χ3n) is 6.76. The molecule has 1 atom stereocenters. The third kappa shape index (κ3) is 4.86. The molecule has 5 heteroatoms. The number of aliphatic carboxylic acids is 1. The molecule has 0 unspecified atom stereocenters. The summed E-state index contributed by atoms with van der Waals surface area (Å²) in [6, 6.07) is 34.9. The van der Waals surface area contributed by atoms with Crippen LogP contribution in [0.2, 0.25) is 0 Å². The minimum atomic E-state index is -0.990. The zero-order valence-electron chi connectivity index (χ0n) is 19.7. The normalized spacial score (nSPS) is 13.0. The minimum Gasteiger partial charge on any atom is -0.481 e. The van der Waals surface area contributed by atoms with Crippen molar-refractivity contribution >= 4 is 12.1 Å². The predicted molar refractivity (Wildman–Crippen MR) is 139 cm³/mol. The Balaban J connectivity index is 1.37. The van der Waals surface area contributed by atoms with E-state index >= 15 is 0 Å². The van der Waals surface area contributed by atoms with E-state index in [-0.39, 0.29) is 24.9 Å². The second-order valence-corrected chi connectivity index (χ2v) is 8.97. The molecule has 0 bridgehead atoms. The van der Waals surface area contributed by atoms with Gasteiger partial charge in [-0.05, 0) is 33.4 Å². The molecule has 0 saturated carbocycles. The van der Waals surface area contributed by atoms with E-state index in [4.69, 9.17) is 4.74 Å². The molecule has 4 aromatic carbocycles. The molecule has 4 aromatic rings. The highest BCUT2D eigenvalue weighted by Gasteiger charge is 2.31. The van der Waals surface area contributed by atoms with Crippen LogP contribution in [-0.4, -0.2) is 29.8 Å². The molecule has 36 heavy (non-hydrogen) atoms. The van der Waals surface area contributed by atoms with Crippen LogP contribution >= 0.6 is 0 Å². The number of rotatable bonds is 8. The van der Waals surface area contributed by atoms with Gasteiger partial charge in [0, 0.05) is 11.8 Å². The monoisotopic (exact) mass is 477 g/mol. The number of carbonyl (C=O) groups excluding carboxylic acids is 1. The van der Waals surface area contributed by atoms with Crippen LogP contribution in [-0.2, 0) is 9.53 Å². The Morgan fingerprint density at radius 3 is 1.69 bits per heavy atom. The summed E-state index contributed by atoms with van der Waals surface area (Å²) in [5.41, 5.74) is 6.40. The van der Waals surface area contributed by atoms with Gasteiger partial charge in [-0.25, -0.2) is 4.79 Å². The number of ether oxygens (including phenoxy) is 1. The lowest BCUT2D eigenvalue weighted by Gasteiger charge is -2.28. The van der Waals surface area contributed by atoms with Gasteiger partial charge in [-0.1, -0.05) is 109 Å². The van der Waals surface area contributed by atoms with Crippen molar-refractivity contribution in [3.8, 4) is 11.1 Å². The molecular weight excluding hydrogens is 450 g/mol. The van der Waals surface area contributed by atoms with E-state index in [2.05, 4.69) is 29.6 Å². The molecule has 1 aliphatic rings. The third-order valence-corrected chi connectivity index (χ3v) is 6.76. The largest absolute Gasteiger partial charge is 0.481 e. The average molecular weight is 478 g/mol. The maximum Gasteiger partial charge on any atom is 0.407 e. The first-order valence-electron chi connectivity index (χ1n) is 12.0. The fourth-order valence-corrected chi connectivity index (χ4v) is 5.21. The van der Waals surface area contributed by atoms with Crippen LogP contribution in [0.5, 0.6) is 0 Å². The van der Waals surface area contributed by atoms with Gasteiger partial charge < -0.3 is 15.2 Å². The smallest absolute Gasteiger partial charge is 0.407 e.